The Morgan fingerprint density at radius 2 is 1.80 bits per heavy atom. The van der Waals surface area contributed by atoms with E-state index in [1.807, 2.05) is 0 Å². The number of pyridine rings is 2. The lowest BCUT2D eigenvalue weighted by Gasteiger charge is -2.30. The number of amides is 1. The highest BCUT2D eigenvalue weighted by Gasteiger charge is 2.47. The van der Waals surface area contributed by atoms with Crippen LogP contribution >= 0.6 is 0 Å². The lowest BCUT2D eigenvalue weighted by molar-refractivity contribution is -0.142. The Morgan fingerprint density at radius 1 is 1.11 bits per heavy atom. The van der Waals surface area contributed by atoms with E-state index in [9.17, 15) is 26.4 Å². The van der Waals surface area contributed by atoms with E-state index in [-0.39, 0.29) is 10.6 Å². The van der Waals surface area contributed by atoms with Crippen molar-refractivity contribution in [1.82, 2.24) is 19.7 Å². The molecule has 0 bridgehead atoms. The van der Waals surface area contributed by atoms with Crippen LogP contribution in [-0.2, 0) is 21.9 Å². The average Bonchev–Trinajstić information content (AvgIpc) is 3.26. The topological polar surface area (TPSA) is 98.1 Å². The van der Waals surface area contributed by atoms with Gasteiger partial charge in [0.2, 0.25) is 0 Å². The van der Waals surface area contributed by atoms with E-state index in [1.54, 1.807) is 40.7 Å². The largest absolute Gasteiger partial charge is 0.408 e. The molecule has 0 aromatic carbocycles. The molecule has 0 N–H and O–H groups in total. The van der Waals surface area contributed by atoms with Crippen molar-refractivity contribution in [2.45, 2.75) is 63.0 Å². The standard InChI is InChI=1S/C23H24F3N5O3S/c1-13(2)35(33,34)17-7-15(8-27-10-17)18-6-14(3)19-20(29-18)22(4,5)31(21(19)32)16-9-28-30(11-16)12-23(24,25)26/h6-11,13H,12H2,1-5H3. The van der Waals surface area contributed by atoms with Crippen molar-refractivity contribution >= 4 is 21.4 Å². The predicted octanol–water partition coefficient (Wildman–Crippen LogP) is 4.29. The molecule has 4 heterocycles. The molecule has 0 saturated carbocycles. The molecule has 8 nitrogen and oxygen atoms in total. The Balaban J connectivity index is 1.78. The SMILES string of the molecule is Cc1cc(-c2cncc(S(=O)(=O)C(C)C)c2)nc2c1C(=O)N(c1cnn(CC(F)(F)F)c1)C2(C)C. The van der Waals surface area contributed by atoms with Crippen LogP contribution in [0.1, 0.15) is 49.3 Å². The summed E-state index contributed by atoms with van der Waals surface area (Å²) in [5.74, 6) is -0.401. The van der Waals surface area contributed by atoms with E-state index < -0.39 is 39.3 Å². The molecule has 3 aromatic heterocycles. The van der Waals surface area contributed by atoms with Crippen molar-refractivity contribution in [2.24, 2.45) is 0 Å². The summed E-state index contributed by atoms with van der Waals surface area (Å²) in [6.07, 6.45) is 0.732. The zero-order valence-corrected chi connectivity index (χ0v) is 20.6. The van der Waals surface area contributed by atoms with E-state index in [0.717, 1.165) is 4.68 Å². The van der Waals surface area contributed by atoms with Gasteiger partial charge in [-0.15, -0.1) is 0 Å². The summed E-state index contributed by atoms with van der Waals surface area (Å²) in [6.45, 7) is 7.11. The fourth-order valence-electron chi connectivity index (χ4n) is 4.17. The summed E-state index contributed by atoms with van der Waals surface area (Å²) in [5, 5.41) is 3.13. The van der Waals surface area contributed by atoms with E-state index in [2.05, 4.69) is 10.1 Å². The molecular weight excluding hydrogens is 483 g/mol. The zero-order valence-electron chi connectivity index (χ0n) is 19.8. The second kappa shape index (κ2) is 8.14. The van der Waals surface area contributed by atoms with Gasteiger partial charge in [0.25, 0.3) is 5.91 Å². The van der Waals surface area contributed by atoms with Gasteiger partial charge in [-0.05, 0) is 52.3 Å². The van der Waals surface area contributed by atoms with Crippen molar-refractivity contribution in [3.63, 3.8) is 0 Å². The van der Waals surface area contributed by atoms with Crippen LogP contribution in [0.2, 0.25) is 0 Å². The van der Waals surface area contributed by atoms with Crippen molar-refractivity contribution in [3.05, 3.63) is 53.7 Å². The van der Waals surface area contributed by atoms with Gasteiger partial charge in [-0.1, -0.05) is 0 Å². The molecule has 0 atom stereocenters. The number of sulfone groups is 1. The quantitative estimate of drug-likeness (QED) is 0.511. The Bertz CT molecular complexity index is 1430. The Labute approximate surface area is 200 Å². The van der Waals surface area contributed by atoms with Crippen LogP contribution in [0.25, 0.3) is 11.3 Å². The van der Waals surface area contributed by atoms with Gasteiger partial charge < -0.3 is 0 Å². The Kier molecular flexibility index (Phi) is 5.78. The number of hydrogen-bond donors (Lipinski definition) is 0. The molecule has 1 amide bonds. The van der Waals surface area contributed by atoms with Crippen LogP contribution in [-0.4, -0.2) is 45.5 Å². The highest BCUT2D eigenvalue weighted by molar-refractivity contribution is 7.92. The maximum absolute atomic E-state index is 13.4. The number of aromatic nitrogens is 4. The van der Waals surface area contributed by atoms with Crippen molar-refractivity contribution in [3.8, 4) is 11.3 Å². The van der Waals surface area contributed by atoms with Crippen LogP contribution in [0.15, 0.2) is 41.8 Å². The number of fused-ring (bicyclic) bond motifs is 1. The first-order valence-electron chi connectivity index (χ1n) is 10.8. The number of alkyl halides is 3. The molecule has 3 aromatic rings. The van der Waals surface area contributed by atoms with Crippen molar-refractivity contribution < 1.29 is 26.4 Å². The first-order valence-corrected chi connectivity index (χ1v) is 12.3. The van der Waals surface area contributed by atoms with Gasteiger partial charge in [-0.2, -0.15) is 18.3 Å². The molecule has 0 unspecified atom stereocenters. The second-order valence-electron chi connectivity index (χ2n) is 9.26. The number of nitrogens with zero attached hydrogens (tertiary/aromatic N) is 5. The number of hydrogen-bond acceptors (Lipinski definition) is 6. The molecule has 4 rings (SSSR count). The Hall–Kier alpha value is -3.28. The van der Waals surface area contributed by atoms with E-state index in [0.29, 0.717) is 28.1 Å². The van der Waals surface area contributed by atoms with E-state index >= 15 is 0 Å². The Morgan fingerprint density at radius 3 is 2.43 bits per heavy atom. The van der Waals surface area contributed by atoms with Crippen LogP contribution in [0.3, 0.4) is 0 Å². The highest BCUT2D eigenvalue weighted by Crippen LogP contribution is 2.43. The van der Waals surface area contributed by atoms with E-state index in [1.165, 1.54) is 35.8 Å². The first-order chi connectivity index (χ1) is 16.1. The molecule has 0 saturated heterocycles. The van der Waals surface area contributed by atoms with Gasteiger partial charge in [-0.25, -0.2) is 13.4 Å². The molecular formula is C23H24F3N5O3S. The fourth-order valence-corrected chi connectivity index (χ4v) is 5.21. The number of halogens is 3. The number of carbonyl (C=O) groups is 1. The molecule has 35 heavy (non-hydrogen) atoms. The number of anilines is 1. The minimum absolute atomic E-state index is 0.0685. The minimum atomic E-state index is -4.45. The smallest absolute Gasteiger partial charge is 0.294 e. The summed E-state index contributed by atoms with van der Waals surface area (Å²) in [4.78, 5) is 23.6. The van der Waals surface area contributed by atoms with Crippen molar-refractivity contribution in [1.29, 1.82) is 0 Å². The maximum atomic E-state index is 13.4. The van der Waals surface area contributed by atoms with E-state index in [4.69, 9.17) is 4.98 Å². The van der Waals surface area contributed by atoms with Gasteiger partial charge >= 0.3 is 6.18 Å². The van der Waals surface area contributed by atoms with Crippen LogP contribution in [0.4, 0.5) is 18.9 Å². The minimum Gasteiger partial charge on any atom is -0.294 e. The maximum Gasteiger partial charge on any atom is 0.408 e. The highest BCUT2D eigenvalue weighted by atomic mass is 32.2. The first kappa shape index (κ1) is 24.8. The molecule has 186 valence electrons. The van der Waals surface area contributed by atoms with Crippen LogP contribution in [0, 0.1) is 6.92 Å². The monoisotopic (exact) mass is 507 g/mol. The summed E-state index contributed by atoms with van der Waals surface area (Å²) < 4.78 is 64.3. The number of rotatable bonds is 5. The third kappa shape index (κ3) is 4.30. The van der Waals surface area contributed by atoms with Crippen molar-refractivity contribution in [2.75, 3.05) is 4.90 Å². The third-order valence-electron chi connectivity index (χ3n) is 5.95. The second-order valence-corrected chi connectivity index (χ2v) is 11.8. The number of carbonyl (C=O) groups excluding carboxylic acids is 1. The zero-order chi connectivity index (χ0) is 25.9. The van der Waals surface area contributed by atoms with Gasteiger partial charge in [-0.3, -0.25) is 19.4 Å². The van der Waals surface area contributed by atoms with Gasteiger partial charge in [0, 0.05) is 24.2 Å². The lowest BCUT2D eigenvalue weighted by Crippen LogP contribution is -2.39. The normalized spacial score (nSPS) is 15.7. The average molecular weight is 508 g/mol. The molecule has 1 aliphatic heterocycles. The molecule has 0 aliphatic carbocycles. The summed E-state index contributed by atoms with van der Waals surface area (Å²) in [6, 6.07) is 3.17. The molecule has 12 heteroatoms. The molecule has 1 aliphatic rings. The van der Waals surface area contributed by atoms with Gasteiger partial charge in [0.15, 0.2) is 9.84 Å². The number of aryl methyl sites for hydroxylation is 1. The summed E-state index contributed by atoms with van der Waals surface area (Å²) in [5.41, 5.74) is 1.50. The fraction of sp³-hybridized carbons (Fsp3) is 0.391. The lowest BCUT2D eigenvalue weighted by atomic mass is 9.96. The van der Waals surface area contributed by atoms with Gasteiger partial charge in [0.1, 0.15) is 6.54 Å². The predicted molar refractivity (Wildman–Crippen MR) is 123 cm³/mol. The third-order valence-corrected chi connectivity index (χ3v) is 8.07. The molecule has 0 fully saturated rings. The summed E-state index contributed by atoms with van der Waals surface area (Å²) in [7, 11) is -3.56. The van der Waals surface area contributed by atoms with Crippen LogP contribution < -0.4 is 4.90 Å². The van der Waals surface area contributed by atoms with Gasteiger partial charge in [0.05, 0.1) is 44.5 Å². The molecule has 0 radical (unpaired) electrons. The van der Waals surface area contributed by atoms with Crippen LogP contribution in [0.5, 0.6) is 0 Å². The summed E-state index contributed by atoms with van der Waals surface area (Å²) >= 11 is 0. The molecule has 0 spiro atoms.